The number of ether oxygens (including phenoxy) is 1. The zero-order valence-corrected chi connectivity index (χ0v) is 12.2. The van der Waals surface area contributed by atoms with Crippen LogP contribution in [0.4, 0.5) is 0 Å². The Kier molecular flexibility index (Phi) is 4.63. The molecule has 0 amide bonds. The third kappa shape index (κ3) is 3.64. The molecule has 1 aromatic carbocycles. The van der Waals surface area contributed by atoms with Gasteiger partial charge in [-0.05, 0) is 43.5 Å². The number of hydrogen-bond acceptors (Lipinski definition) is 2. The number of nitrogens with one attached hydrogen (secondary N) is 1. The molecular weight excluding hydrogens is 248 g/mol. The van der Waals surface area contributed by atoms with Crippen molar-refractivity contribution < 1.29 is 4.74 Å². The van der Waals surface area contributed by atoms with Gasteiger partial charge in [0.1, 0.15) is 5.75 Å². The average Bonchev–Trinajstić information content (AvgIpc) is 2.21. The molecule has 0 spiro atoms. The summed E-state index contributed by atoms with van der Waals surface area (Å²) < 4.78 is 5.80. The Morgan fingerprint density at radius 3 is 2.28 bits per heavy atom. The topological polar surface area (TPSA) is 59.1 Å². The molecule has 0 unspecified atom stereocenters. The maximum absolute atomic E-state index is 7.50. The summed E-state index contributed by atoms with van der Waals surface area (Å²) in [4.78, 5) is 0. The van der Waals surface area contributed by atoms with Crippen LogP contribution < -0.4 is 10.5 Å². The fourth-order valence-corrected chi connectivity index (χ4v) is 2.00. The summed E-state index contributed by atoms with van der Waals surface area (Å²) in [6.45, 7) is 8.38. The second-order valence-electron chi connectivity index (χ2n) is 5.26. The standard InChI is InChI=1S/C14H21ClN2O/c1-9-7-11(15)8-10(2)12(9)18-6-5-14(3,4)13(16)17/h7-8H,5-6H2,1-4H3,(H3,16,17). The SMILES string of the molecule is Cc1cc(Cl)cc(C)c1OCCC(C)(C)C(=N)N. The fraction of sp³-hybridized carbons (Fsp3) is 0.500. The number of hydrogen-bond donors (Lipinski definition) is 2. The summed E-state index contributed by atoms with van der Waals surface area (Å²) in [5.41, 5.74) is 7.27. The van der Waals surface area contributed by atoms with Crippen LogP contribution in [0.5, 0.6) is 5.75 Å². The first kappa shape index (κ1) is 14.8. The third-order valence-corrected chi connectivity index (χ3v) is 3.35. The average molecular weight is 269 g/mol. The fourth-order valence-electron chi connectivity index (χ4n) is 1.67. The van der Waals surface area contributed by atoms with E-state index in [4.69, 9.17) is 27.5 Å². The molecule has 0 aliphatic carbocycles. The summed E-state index contributed by atoms with van der Waals surface area (Å²) >= 11 is 5.97. The van der Waals surface area contributed by atoms with E-state index in [1.54, 1.807) is 0 Å². The molecule has 1 rings (SSSR count). The normalized spacial score (nSPS) is 11.4. The van der Waals surface area contributed by atoms with Crippen LogP contribution in [0.1, 0.15) is 31.4 Å². The van der Waals surface area contributed by atoms with Gasteiger partial charge in [0.2, 0.25) is 0 Å². The number of benzene rings is 1. The first-order valence-electron chi connectivity index (χ1n) is 5.98. The Labute approximate surface area is 114 Å². The molecule has 0 atom stereocenters. The van der Waals surface area contributed by atoms with Crippen LogP contribution in [-0.2, 0) is 0 Å². The largest absolute Gasteiger partial charge is 0.493 e. The van der Waals surface area contributed by atoms with Gasteiger partial charge in [-0.25, -0.2) is 0 Å². The van der Waals surface area contributed by atoms with Crippen molar-refractivity contribution in [1.29, 1.82) is 5.41 Å². The van der Waals surface area contributed by atoms with Crippen LogP contribution in [0.25, 0.3) is 0 Å². The summed E-state index contributed by atoms with van der Waals surface area (Å²) in [6.07, 6.45) is 0.712. The monoisotopic (exact) mass is 268 g/mol. The first-order chi connectivity index (χ1) is 8.24. The molecule has 0 bridgehead atoms. The first-order valence-corrected chi connectivity index (χ1v) is 6.36. The van der Waals surface area contributed by atoms with Crippen molar-refractivity contribution in [2.75, 3.05) is 6.61 Å². The number of amidine groups is 1. The van der Waals surface area contributed by atoms with Gasteiger partial charge in [0, 0.05) is 10.4 Å². The Morgan fingerprint density at radius 1 is 1.33 bits per heavy atom. The minimum atomic E-state index is -0.325. The molecule has 0 fully saturated rings. The van der Waals surface area contributed by atoms with Gasteiger partial charge >= 0.3 is 0 Å². The van der Waals surface area contributed by atoms with Gasteiger partial charge in [0.25, 0.3) is 0 Å². The molecule has 0 aliphatic rings. The van der Waals surface area contributed by atoms with E-state index < -0.39 is 0 Å². The lowest BCUT2D eigenvalue weighted by molar-refractivity contribution is 0.266. The number of nitrogens with two attached hydrogens (primary N) is 1. The molecule has 3 nitrogen and oxygen atoms in total. The molecule has 18 heavy (non-hydrogen) atoms. The Hall–Kier alpha value is -1.22. The molecule has 0 saturated carbocycles. The van der Waals surface area contributed by atoms with E-state index in [0.717, 1.165) is 21.9 Å². The zero-order valence-electron chi connectivity index (χ0n) is 11.4. The minimum absolute atomic E-state index is 0.190. The lowest BCUT2D eigenvalue weighted by Gasteiger charge is -2.23. The molecule has 4 heteroatoms. The number of aryl methyl sites for hydroxylation is 2. The lowest BCUT2D eigenvalue weighted by atomic mass is 9.88. The molecule has 0 aliphatic heterocycles. The van der Waals surface area contributed by atoms with E-state index >= 15 is 0 Å². The molecule has 1 aromatic rings. The van der Waals surface area contributed by atoms with Crippen LogP contribution in [0.15, 0.2) is 12.1 Å². The van der Waals surface area contributed by atoms with E-state index in [9.17, 15) is 0 Å². The summed E-state index contributed by atoms with van der Waals surface area (Å²) in [5, 5.41) is 8.22. The minimum Gasteiger partial charge on any atom is -0.493 e. The van der Waals surface area contributed by atoms with Crippen LogP contribution >= 0.6 is 11.6 Å². The van der Waals surface area contributed by atoms with Gasteiger partial charge in [-0.15, -0.1) is 0 Å². The van der Waals surface area contributed by atoms with E-state index in [2.05, 4.69) is 0 Å². The van der Waals surface area contributed by atoms with E-state index in [-0.39, 0.29) is 11.3 Å². The van der Waals surface area contributed by atoms with Gasteiger partial charge in [-0.3, -0.25) is 5.41 Å². The highest BCUT2D eigenvalue weighted by Gasteiger charge is 2.21. The quantitative estimate of drug-likeness (QED) is 0.632. The predicted octanol–water partition coefficient (Wildman–Crippen LogP) is 3.69. The predicted molar refractivity (Wildman–Crippen MR) is 76.7 cm³/mol. The second-order valence-corrected chi connectivity index (χ2v) is 5.70. The third-order valence-electron chi connectivity index (χ3n) is 3.13. The zero-order chi connectivity index (χ0) is 13.9. The van der Waals surface area contributed by atoms with Gasteiger partial charge in [0.15, 0.2) is 0 Å². The van der Waals surface area contributed by atoms with Crippen molar-refractivity contribution in [3.63, 3.8) is 0 Å². The molecule has 3 N–H and O–H groups in total. The van der Waals surface area contributed by atoms with Crippen LogP contribution in [0.2, 0.25) is 5.02 Å². The van der Waals surface area contributed by atoms with Crippen molar-refractivity contribution in [2.24, 2.45) is 11.1 Å². The Bertz CT molecular complexity index is 432. The lowest BCUT2D eigenvalue weighted by Crippen LogP contribution is -2.32. The van der Waals surface area contributed by atoms with Gasteiger partial charge in [-0.1, -0.05) is 25.4 Å². The molecule has 100 valence electrons. The van der Waals surface area contributed by atoms with Crippen LogP contribution in [0, 0.1) is 24.7 Å². The van der Waals surface area contributed by atoms with Crippen molar-refractivity contribution in [3.05, 3.63) is 28.3 Å². The van der Waals surface area contributed by atoms with E-state index in [0.29, 0.717) is 13.0 Å². The van der Waals surface area contributed by atoms with Crippen LogP contribution in [0.3, 0.4) is 0 Å². The molecule has 0 radical (unpaired) electrons. The molecule has 0 saturated heterocycles. The Morgan fingerprint density at radius 2 is 1.83 bits per heavy atom. The highest BCUT2D eigenvalue weighted by atomic mass is 35.5. The highest BCUT2D eigenvalue weighted by Crippen LogP contribution is 2.28. The maximum atomic E-state index is 7.50. The van der Waals surface area contributed by atoms with Crippen molar-refractivity contribution in [3.8, 4) is 5.75 Å². The molecular formula is C14H21ClN2O. The van der Waals surface area contributed by atoms with Gasteiger partial charge in [-0.2, -0.15) is 0 Å². The van der Waals surface area contributed by atoms with Gasteiger partial charge in [0.05, 0.1) is 12.4 Å². The number of rotatable bonds is 5. The smallest absolute Gasteiger partial charge is 0.125 e. The summed E-state index contributed by atoms with van der Waals surface area (Å²) in [5.74, 6) is 1.06. The molecule has 0 aromatic heterocycles. The summed E-state index contributed by atoms with van der Waals surface area (Å²) in [7, 11) is 0. The van der Waals surface area contributed by atoms with Crippen LogP contribution in [-0.4, -0.2) is 12.4 Å². The van der Waals surface area contributed by atoms with Gasteiger partial charge < -0.3 is 10.5 Å². The van der Waals surface area contributed by atoms with Crippen molar-refractivity contribution in [1.82, 2.24) is 0 Å². The number of halogens is 1. The second kappa shape index (κ2) is 5.61. The van der Waals surface area contributed by atoms with Crippen molar-refractivity contribution >= 4 is 17.4 Å². The highest BCUT2D eigenvalue weighted by molar-refractivity contribution is 6.30. The molecule has 0 heterocycles. The maximum Gasteiger partial charge on any atom is 0.125 e. The van der Waals surface area contributed by atoms with E-state index in [1.807, 2.05) is 39.8 Å². The van der Waals surface area contributed by atoms with Crippen molar-refractivity contribution in [2.45, 2.75) is 34.1 Å². The summed E-state index contributed by atoms with van der Waals surface area (Å²) in [6, 6.07) is 3.78. The Balaban J connectivity index is 2.68. The van der Waals surface area contributed by atoms with E-state index in [1.165, 1.54) is 0 Å².